The van der Waals surface area contributed by atoms with Crippen LogP contribution in [-0.4, -0.2) is 16.8 Å². The third-order valence-corrected chi connectivity index (χ3v) is 4.47. The summed E-state index contributed by atoms with van der Waals surface area (Å²) in [7, 11) is 0. The second-order valence-electron chi connectivity index (χ2n) is 5.67. The van der Waals surface area contributed by atoms with Crippen molar-refractivity contribution in [3.8, 4) is 0 Å². The van der Waals surface area contributed by atoms with Gasteiger partial charge < -0.3 is 10.6 Å². The number of thiophene rings is 1. The van der Waals surface area contributed by atoms with Gasteiger partial charge in [0.25, 0.3) is 0 Å². The average Bonchev–Trinajstić information content (AvgIpc) is 2.97. The largest absolute Gasteiger partial charge is 0.333 e. The number of benzene rings is 1. The summed E-state index contributed by atoms with van der Waals surface area (Å²) in [4.78, 5) is 16.0. The van der Waals surface area contributed by atoms with Gasteiger partial charge in [0.05, 0.1) is 6.54 Å². The Bertz CT molecular complexity index is 576. The van der Waals surface area contributed by atoms with Gasteiger partial charge in [0.1, 0.15) is 5.54 Å². The summed E-state index contributed by atoms with van der Waals surface area (Å²) in [6, 6.07) is 13.7. The van der Waals surface area contributed by atoms with E-state index in [9.17, 15) is 4.79 Å². The van der Waals surface area contributed by atoms with Gasteiger partial charge in [-0.1, -0.05) is 36.4 Å². The van der Waals surface area contributed by atoms with Crippen LogP contribution in [0.25, 0.3) is 0 Å². The zero-order valence-corrected chi connectivity index (χ0v) is 13.6. The van der Waals surface area contributed by atoms with Gasteiger partial charge in [0, 0.05) is 10.9 Å². The first-order chi connectivity index (χ1) is 9.93. The minimum atomic E-state index is -1.01. The second kappa shape index (κ2) is 6.41. The Hall–Kier alpha value is -1.65. The number of carbonyl (C=O) groups is 1. The summed E-state index contributed by atoms with van der Waals surface area (Å²) in [5.74, 6) is -0.0444. The Labute approximate surface area is 130 Å². The lowest BCUT2D eigenvalue weighted by Gasteiger charge is -2.34. The van der Waals surface area contributed by atoms with Gasteiger partial charge in [0.2, 0.25) is 5.91 Å². The van der Waals surface area contributed by atoms with Crippen molar-refractivity contribution in [1.82, 2.24) is 4.90 Å². The van der Waals surface area contributed by atoms with Crippen LogP contribution in [0.15, 0.2) is 47.8 Å². The number of nitrogens with zero attached hydrogens (tertiary/aromatic N) is 1. The summed E-state index contributed by atoms with van der Waals surface area (Å²) in [6.07, 6.45) is 0. The smallest absolute Gasteiger partial charge is 0.247 e. The highest BCUT2D eigenvalue weighted by molar-refractivity contribution is 7.09. The zero-order valence-electron chi connectivity index (χ0n) is 12.7. The SMILES string of the molecule is CC(C)N(Cc1cccs1)C(=O)C(C)(N)c1ccccc1. The van der Waals surface area contributed by atoms with Crippen LogP contribution >= 0.6 is 11.3 Å². The molecule has 4 heteroatoms. The molecule has 21 heavy (non-hydrogen) atoms. The maximum absolute atomic E-state index is 12.9. The predicted molar refractivity (Wildman–Crippen MR) is 88.0 cm³/mol. The molecule has 0 saturated heterocycles. The van der Waals surface area contributed by atoms with E-state index in [1.807, 2.05) is 66.6 Å². The number of hydrogen-bond donors (Lipinski definition) is 1. The minimum Gasteiger partial charge on any atom is -0.333 e. The van der Waals surface area contributed by atoms with E-state index in [1.54, 1.807) is 18.3 Å². The van der Waals surface area contributed by atoms with Crippen LogP contribution < -0.4 is 5.73 Å². The molecule has 3 nitrogen and oxygen atoms in total. The molecule has 0 radical (unpaired) electrons. The molecule has 1 unspecified atom stereocenters. The Kier molecular flexibility index (Phi) is 4.80. The molecule has 0 aliphatic heterocycles. The summed E-state index contributed by atoms with van der Waals surface area (Å²) >= 11 is 1.66. The maximum Gasteiger partial charge on any atom is 0.247 e. The fraction of sp³-hybridized carbons (Fsp3) is 0.353. The first-order valence-corrected chi connectivity index (χ1v) is 7.98. The van der Waals surface area contributed by atoms with E-state index in [4.69, 9.17) is 5.73 Å². The van der Waals surface area contributed by atoms with Gasteiger partial charge in [-0.05, 0) is 37.8 Å². The lowest BCUT2D eigenvalue weighted by Crippen LogP contribution is -2.52. The third kappa shape index (κ3) is 3.52. The molecule has 0 spiro atoms. The Morgan fingerprint density at radius 2 is 1.90 bits per heavy atom. The summed E-state index contributed by atoms with van der Waals surface area (Å²) < 4.78 is 0. The van der Waals surface area contributed by atoms with Crippen LogP contribution in [0.3, 0.4) is 0 Å². The molecule has 0 aliphatic carbocycles. The molecule has 2 N–H and O–H groups in total. The molecule has 1 aromatic carbocycles. The van der Waals surface area contributed by atoms with Crippen LogP contribution in [0.1, 0.15) is 31.2 Å². The highest BCUT2D eigenvalue weighted by Crippen LogP contribution is 2.24. The molecule has 1 amide bonds. The Morgan fingerprint density at radius 3 is 2.43 bits per heavy atom. The summed E-state index contributed by atoms with van der Waals surface area (Å²) in [5.41, 5.74) is 6.19. The minimum absolute atomic E-state index is 0.0444. The summed E-state index contributed by atoms with van der Waals surface area (Å²) in [5, 5.41) is 2.02. The second-order valence-corrected chi connectivity index (χ2v) is 6.71. The lowest BCUT2D eigenvalue weighted by atomic mass is 9.91. The van der Waals surface area contributed by atoms with Crippen molar-refractivity contribution in [2.45, 2.75) is 38.9 Å². The summed E-state index contributed by atoms with van der Waals surface area (Å²) in [6.45, 7) is 6.43. The Balaban J connectivity index is 2.25. The molecule has 0 bridgehead atoms. The van der Waals surface area contributed by atoms with Crippen LogP contribution in [0, 0.1) is 0 Å². The number of carbonyl (C=O) groups excluding carboxylic acids is 1. The molecule has 1 aromatic heterocycles. The predicted octanol–water partition coefficient (Wildman–Crippen LogP) is 3.36. The van der Waals surface area contributed by atoms with E-state index in [0.717, 1.165) is 5.56 Å². The van der Waals surface area contributed by atoms with E-state index in [-0.39, 0.29) is 11.9 Å². The van der Waals surface area contributed by atoms with Gasteiger partial charge >= 0.3 is 0 Å². The Morgan fingerprint density at radius 1 is 1.24 bits per heavy atom. The van der Waals surface area contributed by atoms with Crippen molar-refractivity contribution in [1.29, 1.82) is 0 Å². The van der Waals surface area contributed by atoms with Crippen molar-refractivity contribution >= 4 is 17.2 Å². The topological polar surface area (TPSA) is 46.3 Å². The highest BCUT2D eigenvalue weighted by Gasteiger charge is 2.35. The molecule has 2 rings (SSSR count). The quantitative estimate of drug-likeness (QED) is 0.920. The van der Waals surface area contributed by atoms with Crippen LogP contribution in [-0.2, 0) is 16.9 Å². The number of hydrogen-bond acceptors (Lipinski definition) is 3. The van der Waals surface area contributed by atoms with Crippen LogP contribution in [0.4, 0.5) is 0 Å². The van der Waals surface area contributed by atoms with E-state index in [0.29, 0.717) is 6.54 Å². The van der Waals surface area contributed by atoms with E-state index in [1.165, 1.54) is 4.88 Å². The maximum atomic E-state index is 12.9. The fourth-order valence-corrected chi connectivity index (χ4v) is 2.97. The first-order valence-electron chi connectivity index (χ1n) is 7.10. The van der Waals surface area contributed by atoms with Crippen LogP contribution in [0.2, 0.25) is 0 Å². The molecule has 1 atom stereocenters. The molecular weight excluding hydrogens is 280 g/mol. The fourth-order valence-electron chi connectivity index (χ4n) is 2.27. The number of rotatable bonds is 5. The number of nitrogens with two attached hydrogens (primary N) is 1. The standard InChI is InChI=1S/C17H22N2OS/c1-13(2)19(12-15-10-7-11-21-15)16(20)17(3,18)14-8-5-4-6-9-14/h4-11,13H,12,18H2,1-3H3. The van der Waals surface area contributed by atoms with Crippen molar-refractivity contribution in [3.63, 3.8) is 0 Å². The first kappa shape index (κ1) is 15.7. The zero-order chi connectivity index (χ0) is 15.5. The van der Waals surface area contributed by atoms with Crippen molar-refractivity contribution in [2.24, 2.45) is 5.73 Å². The van der Waals surface area contributed by atoms with Gasteiger partial charge in [-0.2, -0.15) is 0 Å². The van der Waals surface area contributed by atoms with Gasteiger partial charge in [-0.3, -0.25) is 4.79 Å². The average molecular weight is 302 g/mol. The van der Waals surface area contributed by atoms with Crippen molar-refractivity contribution in [3.05, 3.63) is 58.3 Å². The molecule has 2 aromatic rings. The molecular formula is C17H22N2OS. The van der Waals surface area contributed by atoms with E-state index < -0.39 is 5.54 Å². The molecule has 112 valence electrons. The van der Waals surface area contributed by atoms with E-state index in [2.05, 4.69) is 0 Å². The lowest BCUT2D eigenvalue weighted by molar-refractivity contribution is -0.139. The van der Waals surface area contributed by atoms with Crippen molar-refractivity contribution in [2.75, 3.05) is 0 Å². The third-order valence-electron chi connectivity index (χ3n) is 3.61. The van der Waals surface area contributed by atoms with E-state index >= 15 is 0 Å². The number of amides is 1. The van der Waals surface area contributed by atoms with Gasteiger partial charge in [-0.25, -0.2) is 0 Å². The molecule has 0 aliphatic rings. The molecule has 1 heterocycles. The van der Waals surface area contributed by atoms with Gasteiger partial charge in [-0.15, -0.1) is 11.3 Å². The molecule has 0 fully saturated rings. The molecule has 0 saturated carbocycles. The normalized spacial score (nSPS) is 14.0. The highest BCUT2D eigenvalue weighted by atomic mass is 32.1. The van der Waals surface area contributed by atoms with Crippen molar-refractivity contribution < 1.29 is 4.79 Å². The monoisotopic (exact) mass is 302 g/mol. The van der Waals surface area contributed by atoms with Crippen LogP contribution in [0.5, 0.6) is 0 Å². The van der Waals surface area contributed by atoms with Gasteiger partial charge in [0.15, 0.2) is 0 Å².